The number of carbonyl (C=O) groups excluding carboxylic acids is 1. The van der Waals surface area contributed by atoms with Gasteiger partial charge in [-0.25, -0.2) is 10.3 Å². The van der Waals surface area contributed by atoms with Gasteiger partial charge in [0.25, 0.3) is 0 Å². The molecule has 0 aromatic heterocycles. The molecule has 3 rings (SSSR count). The number of carboxylic acid groups (broad SMARTS) is 1. The molecule has 1 aromatic rings. The van der Waals surface area contributed by atoms with Crippen LogP contribution in [0.1, 0.15) is 64.0 Å². The van der Waals surface area contributed by atoms with Crippen LogP contribution in [0.2, 0.25) is 0 Å². The minimum atomic E-state index is -0.946. The summed E-state index contributed by atoms with van der Waals surface area (Å²) in [4.78, 5) is 26.4. The summed E-state index contributed by atoms with van der Waals surface area (Å²) in [6.07, 6.45) is 7.75. The molecule has 0 saturated carbocycles. The second-order valence-electron chi connectivity index (χ2n) is 8.54. The number of carbonyl (C=O) groups is 2. The third-order valence-electron chi connectivity index (χ3n) is 5.83. The van der Waals surface area contributed by atoms with Crippen LogP contribution in [0.3, 0.4) is 0 Å². The lowest BCUT2D eigenvalue weighted by atomic mass is 9.89. The number of amidine groups is 1. The van der Waals surface area contributed by atoms with Gasteiger partial charge >= 0.3 is 5.97 Å². The van der Waals surface area contributed by atoms with Crippen LogP contribution in [-0.2, 0) is 9.59 Å². The van der Waals surface area contributed by atoms with Crippen LogP contribution in [-0.4, -0.2) is 40.3 Å². The first-order valence-corrected chi connectivity index (χ1v) is 11.3. The lowest BCUT2D eigenvalue weighted by molar-refractivity contribution is -0.152. The Morgan fingerprint density at radius 3 is 2.47 bits per heavy atom. The highest BCUT2D eigenvalue weighted by molar-refractivity contribution is 6.03. The van der Waals surface area contributed by atoms with Gasteiger partial charge in [-0.15, -0.1) is 10.6 Å². The van der Waals surface area contributed by atoms with Crippen molar-refractivity contribution in [1.82, 2.24) is 21.4 Å². The molecule has 2 aliphatic rings. The van der Waals surface area contributed by atoms with Gasteiger partial charge < -0.3 is 10.0 Å². The number of unbranched alkanes of at least 4 members (excludes halogenated alkanes) is 1. The fourth-order valence-electron chi connectivity index (χ4n) is 4.14. The van der Waals surface area contributed by atoms with E-state index in [1.54, 1.807) is 4.90 Å². The molecule has 1 heterocycles. The van der Waals surface area contributed by atoms with E-state index in [0.717, 1.165) is 48.2 Å². The van der Waals surface area contributed by atoms with Crippen molar-refractivity contribution in [3.8, 4) is 0 Å². The van der Waals surface area contributed by atoms with Crippen LogP contribution in [0, 0.1) is 5.92 Å². The molecule has 1 atom stereocenters. The molecule has 1 aromatic carbocycles. The van der Waals surface area contributed by atoms with Gasteiger partial charge in [-0.1, -0.05) is 69.2 Å². The van der Waals surface area contributed by atoms with Crippen molar-refractivity contribution in [2.75, 3.05) is 6.54 Å². The van der Waals surface area contributed by atoms with Crippen LogP contribution >= 0.6 is 0 Å². The predicted molar refractivity (Wildman–Crippen MR) is 125 cm³/mol. The number of amides is 1. The minimum Gasteiger partial charge on any atom is -0.480 e. The summed E-state index contributed by atoms with van der Waals surface area (Å²) in [7, 11) is 0. The molecule has 172 valence electrons. The number of nitrogens with zero attached hydrogens (tertiary/aromatic N) is 2. The Balaban J connectivity index is 1.83. The molecule has 1 aliphatic carbocycles. The van der Waals surface area contributed by atoms with Crippen LogP contribution in [0.15, 0.2) is 47.1 Å². The van der Waals surface area contributed by atoms with E-state index in [2.05, 4.69) is 33.7 Å². The van der Waals surface area contributed by atoms with Crippen molar-refractivity contribution in [1.29, 1.82) is 0 Å². The normalized spacial score (nSPS) is 16.4. The van der Waals surface area contributed by atoms with Gasteiger partial charge in [0.2, 0.25) is 5.91 Å². The number of benzene rings is 1. The van der Waals surface area contributed by atoms with E-state index < -0.39 is 12.0 Å². The number of aliphatic carboxylic acids is 1. The van der Waals surface area contributed by atoms with E-state index in [9.17, 15) is 14.7 Å². The Bertz CT molecular complexity index is 935. The summed E-state index contributed by atoms with van der Waals surface area (Å²) in [6, 6.07) is 7.25. The zero-order valence-corrected chi connectivity index (χ0v) is 19.0. The van der Waals surface area contributed by atoms with Gasteiger partial charge in [-0.2, -0.15) is 0 Å². The quantitative estimate of drug-likeness (QED) is 0.446. The van der Waals surface area contributed by atoms with Crippen molar-refractivity contribution in [2.24, 2.45) is 11.0 Å². The van der Waals surface area contributed by atoms with Gasteiger partial charge in [0.05, 0.1) is 0 Å². The second-order valence-corrected chi connectivity index (χ2v) is 8.54. The van der Waals surface area contributed by atoms with Crippen LogP contribution < -0.4 is 16.5 Å². The third kappa shape index (κ3) is 5.56. The average Bonchev–Trinajstić information content (AvgIpc) is 3.32. The summed E-state index contributed by atoms with van der Waals surface area (Å²) < 4.78 is 0. The lowest BCUT2D eigenvalue weighted by Gasteiger charge is -2.33. The van der Waals surface area contributed by atoms with Crippen molar-refractivity contribution >= 4 is 23.3 Å². The van der Waals surface area contributed by atoms with E-state index >= 15 is 0 Å². The van der Waals surface area contributed by atoms with Crippen LogP contribution in [0.4, 0.5) is 0 Å². The number of hydrazone groups is 1. The Morgan fingerprint density at radius 1 is 1.16 bits per heavy atom. The predicted octanol–water partition coefficient (Wildman–Crippen LogP) is 3.19. The van der Waals surface area contributed by atoms with Crippen molar-refractivity contribution < 1.29 is 14.7 Å². The Kier molecular flexibility index (Phi) is 8.05. The molecule has 0 fully saturated rings. The van der Waals surface area contributed by atoms with E-state index in [1.165, 1.54) is 5.57 Å². The van der Waals surface area contributed by atoms with Gasteiger partial charge in [0.15, 0.2) is 5.84 Å². The molecule has 1 amide bonds. The van der Waals surface area contributed by atoms with E-state index in [4.69, 9.17) is 0 Å². The molecule has 1 aliphatic heterocycles. The maximum Gasteiger partial charge on any atom is 0.326 e. The summed E-state index contributed by atoms with van der Waals surface area (Å²) >= 11 is 0. The average molecular weight is 440 g/mol. The van der Waals surface area contributed by atoms with Gasteiger partial charge in [-0.05, 0) is 36.3 Å². The summed E-state index contributed by atoms with van der Waals surface area (Å²) in [6.45, 7) is 6.09. The summed E-state index contributed by atoms with van der Waals surface area (Å²) in [5.74, 6) is -0.467. The van der Waals surface area contributed by atoms with Gasteiger partial charge in [0.1, 0.15) is 6.04 Å². The molecule has 0 spiro atoms. The molecule has 32 heavy (non-hydrogen) atoms. The molecular formula is C24H33N5O3. The standard InChI is InChI=1S/C24H33N5O3/c1-4-5-10-21(30)29(22(16(2)3)24(31)32)15-17-11-13-18(14-12-17)19-8-6-7-9-20(19)23-25-27-28-26-23/h6-9,11,13,16,22,27-28H,4-5,10,12,14-15H2,1-3H3,(H,25,26)(H,31,32)/t22-/m0/s1. The molecule has 0 unspecified atom stereocenters. The van der Waals surface area contributed by atoms with Crippen molar-refractivity contribution in [2.45, 2.75) is 58.9 Å². The van der Waals surface area contributed by atoms with Gasteiger partial charge in [0, 0.05) is 18.5 Å². The highest BCUT2D eigenvalue weighted by Gasteiger charge is 2.32. The highest BCUT2D eigenvalue weighted by Crippen LogP contribution is 2.30. The smallest absolute Gasteiger partial charge is 0.326 e. The van der Waals surface area contributed by atoms with Crippen LogP contribution in [0.25, 0.3) is 5.57 Å². The zero-order chi connectivity index (χ0) is 23.1. The van der Waals surface area contributed by atoms with E-state index in [1.807, 2.05) is 45.0 Å². The fourth-order valence-corrected chi connectivity index (χ4v) is 4.14. The molecule has 0 saturated heterocycles. The maximum absolute atomic E-state index is 12.9. The van der Waals surface area contributed by atoms with Crippen LogP contribution in [0.5, 0.6) is 0 Å². The number of hydrogen-bond acceptors (Lipinski definition) is 6. The molecule has 0 bridgehead atoms. The monoisotopic (exact) mass is 439 g/mol. The number of hydrazine groups is 2. The number of rotatable bonds is 10. The van der Waals surface area contributed by atoms with Crippen molar-refractivity contribution in [3.05, 3.63) is 53.1 Å². The Morgan fingerprint density at radius 2 is 1.91 bits per heavy atom. The first kappa shape index (κ1) is 23.5. The fraction of sp³-hybridized carbons (Fsp3) is 0.458. The largest absolute Gasteiger partial charge is 0.480 e. The second kappa shape index (κ2) is 10.9. The number of carboxylic acids is 1. The first-order chi connectivity index (χ1) is 15.4. The van der Waals surface area contributed by atoms with Crippen molar-refractivity contribution in [3.63, 3.8) is 0 Å². The molecule has 8 nitrogen and oxygen atoms in total. The molecule has 8 heteroatoms. The van der Waals surface area contributed by atoms with Gasteiger partial charge in [-0.3, -0.25) is 10.2 Å². The topological polar surface area (TPSA) is 106 Å². The third-order valence-corrected chi connectivity index (χ3v) is 5.83. The van der Waals surface area contributed by atoms with E-state index in [-0.39, 0.29) is 11.8 Å². The lowest BCUT2D eigenvalue weighted by Crippen LogP contribution is -2.49. The first-order valence-electron chi connectivity index (χ1n) is 11.3. The zero-order valence-electron chi connectivity index (χ0n) is 19.0. The Labute approximate surface area is 189 Å². The SMILES string of the molecule is CCCCC(=O)N(CC1=CC=C(c2ccccc2C2=NNNN2)CC1)[C@H](C(=O)O)C(C)C. The maximum atomic E-state index is 12.9. The number of nitrogens with one attached hydrogen (secondary N) is 3. The molecule has 4 N–H and O–H groups in total. The summed E-state index contributed by atoms with van der Waals surface area (Å²) in [5, 5.41) is 14.0. The number of allylic oxidation sites excluding steroid dienone is 3. The summed E-state index contributed by atoms with van der Waals surface area (Å²) in [5.41, 5.74) is 12.8. The number of hydrogen-bond donors (Lipinski definition) is 4. The molecule has 0 radical (unpaired) electrons. The molecular weight excluding hydrogens is 406 g/mol. The Hall–Kier alpha value is -3.13. The van der Waals surface area contributed by atoms with E-state index in [0.29, 0.717) is 13.0 Å². The highest BCUT2D eigenvalue weighted by atomic mass is 16.4. The minimum absolute atomic E-state index is 0.0840.